The van der Waals surface area contributed by atoms with Crippen LogP contribution >= 0.6 is 0 Å². The summed E-state index contributed by atoms with van der Waals surface area (Å²) in [5, 5.41) is 3.49. The van der Waals surface area contributed by atoms with Gasteiger partial charge >= 0.3 is 0 Å². The Labute approximate surface area is 84.4 Å². The Kier molecular flexibility index (Phi) is 2.89. The zero-order valence-corrected chi connectivity index (χ0v) is 8.58. The van der Waals surface area contributed by atoms with E-state index in [0.29, 0.717) is 0 Å². The maximum Gasteiger partial charge on any atom is 0.103 e. The van der Waals surface area contributed by atoms with Crippen molar-refractivity contribution in [2.45, 2.75) is 25.3 Å². The number of aryl methyl sites for hydroxylation is 1. The van der Waals surface area contributed by atoms with E-state index >= 15 is 0 Å². The number of rotatable bonds is 3. The lowest BCUT2D eigenvalue weighted by molar-refractivity contribution is 0.0312. The first kappa shape index (κ1) is 9.74. The Hall–Kier alpha value is -0.800. The van der Waals surface area contributed by atoms with E-state index in [4.69, 9.17) is 9.15 Å². The SMILES string of the molecule is CC1(CCc2ccco2)COCCN1. The lowest BCUT2D eigenvalue weighted by Crippen LogP contribution is -2.52. The number of hydrogen-bond acceptors (Lipinski definition) is 3. The van der Waals surface area contributed by atoms with Gasteiger partial charge in [0, 0.05) is 18.5 Å². The predicted octanol–water partition coefficient (Wildman–Crippen LogP) is 1.59. The maximum atomic E-state index is 5.46. The van der Waals surface area contributed by atoms with Crippen molar-refractivity contribution in [3.63, 3.8) is 0 Å². The van der Waals surface area contributed by atoms with Crippen LogP contribution in [0.25, 0.3) is 0 Å². The maximum absolute atomic E-state index is 5.46. The zero-order chi connectivity index (χ0) is 9.86. The van der Waals surface area contributed by atoms with Gasteiger partial charge in [-0.25, -0.2) is 0 Å². The highest BCUT2D eigenvalue weighted by molar-refractivity contribution is 5.00. The largest absolute Gasteiger partial charge is 0.469 e. The summed E-state index contributed by atoms with van der Waals surface area (Å²) >= 11 is 0. The molecule has 14 heavy (non-hydrogen) atoms. The first-order valence-electron chi connectivity index (χ1n) is 5.14. The monoisotopic (exact) mass is 195 g/mol. The first-order valence-corrected chi connectivity index (χ1v) is 5.14. The quantitative estimate of drug-likeness (QED) is 0.795. The van der Waals surface area contributed by atoms with E-state index in [9.17, 15) is 0 Å². The molecule has 0 aliphatic carbocycles. The Morgan fingerprint density at radius 2 is 2.50 bits per heavy atom. The van der Waals surface area contributed by atoms with Gasteiger partial charge in [-0.2, -0.15) is 0 Å². The molecule has 1 aliphatic rings. The highest BCUT2D eigenvalue weighted by Crippen LogP contribution is 2.17. The Morgan fingerprint density at radius 1 is 1.57 bits per heavy atom. The smallest absolute Gasteiger partial charge is 0.103 e. The van der Waals surface area contributed by atoms with E-state index in [-0.39, 0.29) is 5.54 Å². The molecule has 2 heterocycles. The van der Waals surface area contributed by atoms with Crippen molar-refractivity contribution in [2.75, 3.05) is 19.8 Å². The number of nitrogens with one attached hydrogen (secondary N) is 1. The summed E-state index contributed by atoms with van der Waals surface area (Å²) in [6, 6.07) is 3.95. The second-order valence-electron chi connectivity index (χ2n) is 4.12. The van der Waals surface area contributed by atoms with Crippen LogP contribution < -0.4 is 5.32 Å². The van der Waals surface area contributed by atoms with Crippen molar-refractivity contribution in [1.82, 2.24) is 5.32 Å². The minimum atomic E-state index is 0.116. The topological polar surface area (TPSA) is 34.4 Å². The van der Waals surface area contributed by atoms with Crippen LogP contribution in [-0.2, 0) is 11.2 Å². The Morgan fingerprint density at radius 3 is 3.14 bits per heavy atom. The van der Waals surface area contributed by atoms with E-state index in [0.717, 1.165) is 38.4 Å². The zero-order valence-electron chi connectivity index (χ0n) is 8.58. The number of furan rings is 1. The van der Waals surface area contributed by atoms with Crippen LogP contribution in [0.15, 0.2) is 22.8 Å². The molecule has 1 unspecified atom stereocenters. The van der Waals surface area contributed by atoms with Crippen LogP contribution in [0.4, 0.5) is 0 Å². The minimum Gasteiger partial charge on any atom is -0.469 e. The summed E-state index contributed by atoms with van der Waals surface area (Å²) < 4.78 is 10.8. The summed E-state index contributed by atoms with van der Waals surface area (Å²) in [6.07, 6.45) is 3.75. The van der Waals surface area contributed by atoms with Gasteiger partial charge < -0.3 is 14.5 Å². The molecule has 1 aromatic rings. The fraction of sp³-hybridized carbons (Fsp3) is 0.636. The van der Waals surface area contributed by atoms with Crippen molar-refractivity contribution < 1.29 is 9.15 Å². The minimum absolute atomic E-state index is 0.116. The fourth-order valence-corrected chi connectivity index (χ4v) is 1.79. The van der Waals surface area contributed by atoms with Gasteiger partial charge in [0.2, 0.25) is 0 Å². The molecule has 3 heteroatoms. The molecule has 1 aromatic heterocycles. The van der Waals surface area contributed by atoms with Crippen LogP contribution in [0.2, 0.25) is 0 Å². The summed E-state index contributed by atoms with van der Waals surface area (Å²) in [6.45, 7) is 4.79. The van der Waals surface area contributed by atoms with Gasteiger partial charge in [0.1, 0.15) is 5.76 Å². The molecule has 0 amide bonds. The molecule has 1 saturated heterocycles. The van der Waals surface area contributed by atoms with Crippen LogP contribution in [-0.4, -0.2) is 25.3 Å². The van der Waals surface area contributed by atoms with Gasteiger partial charge in [-0.3, -0.25) is 0 Å². The molecule has 3 nitrogen and oxygen atoms in total. The van der Waals surface area contributed by atoms with Crippen LogP contribution in [0, 0.1) is 0 Å². The summed E-state index contributed by atoms with van der Waals surface area (Å²) in [5.74, 6) is 1.05. The molecule has 0 bridgehead atoms. The lowest BCUT2D eigenvalue weighted by atomic mass is 9.95. The van der Waals surface area contributed by atoms with Gasteiger partial charge in [0.25, 0.3) is 0 Å². The highest BCUT2D eigenvalue weighted by Gasteiger charge is 2.26. The second kappa shape index (κ2) is 4.15. The van der Waals surface area contributed by atoms with E-state index in [1.807, 2.05) is 12.1 Å². The van der Waals surface area contributed by atoms with Crippen molar-refractivity contribution in [1.29, 1.82) is 0 Å². The molecule has 78 valence electrons. The standard InChI is InChI=1S/C11H17NO2/c1-11(9-13-8-6-12-11)5-4-10-3-2-7-14-10/h2-3,7,12H,4-6,8-9H2,1H3. The molecule has 2 rings (SSSR count). The van der Waals surface area contributed by atoms with E-state index in [1.54, 1.807) is 6.26 Å². The van der Waals surface area contributed by atoms with Gasteiger partial charge in [-0.05, 0) is 25.5 Å². The van der Waals surface area contributed by atoms with Gasteiger partial charge in [-0.15, -0.1) is 0 Å². The molecule has 1 atom stereocenters. The lowest BCUT2D eigenvalue weighted by Gasteiger charge is -2.34. The number of morpholine rings is 1. The molecule has 0 aromatic carbocycles. The third-order valence-corrected chi connectivity index (χ3v) is 2.72. The van der Waals surface area contributed by atoms with E-state index in [2.05, 4.69) is 12.2 Å². The summed E-state index contributed by atoms with van der Waals surface area (Å²) in [5.41, 5.74) is 0.116. The highest BCUT2D eigenvalue weighted by atomic mass is 16.5. The van der Waals surface area contributed by atoms with E-state index in [1.165, 1.54) is 0 Å². The molecule has 0 saturated carbocycles. The molecule has 1 N–H and O–H groups in total. The average Bonchev–Trinajstić information content (AvgIpc) is 2.69. The number of hydrogen-bond donors (Lipinski definition) is 1. The van der Waals surface area contributed by atoms with E-state index < -0.39 is 0 Å². The molecular weight excluding hydrogens is 178 g/mol. The average molecular weight is 195 g/mol. The summed E-state index contributed by atoms with van der Waals surface area (Å²) in [7, 11) is 0. The predicted molar refractivity (Wildman–Crippen MR) is 54.3 cm³/mol. The third kappa shape index (κ3) is 2.36. The van der Waals surface area contributed by atoms with Crippen LogP contribution in [0.5, 0.6) is 0 Å². The molecular formula is C11H17NO2. The van der Waals surface area contributed by atoms with Crippen LogP contribution in [0.3, 0.4) is 0 Å². The van der Waals surface area contributed by atoms with Crippen molar-refractivity contribution in [2.24, 2.45) is 0 Å². The number of ether oxygens (including phenoxy) is 1. The second-order valence-corrected chi connectivity index (χ2v) is 4.12. The molecule has 0 spiro atoms. The first-order chi connectivity index (χ1) is 6.79. The molecule has 0 radical (unpaired) electrons. The molecule has 1 fully saturated rings. The normalized spacial score (nSPS) is 27.8. The summed E-state index contributed by atoms with van der Waals surface area (Å²) in [4.78, 5) is 0. The van der Waals surface area contributed by atoms with Crippen LogP contribution in [0.1, 0.15) is 19.1 Å². The van der Waals surface area contributed by atoms with Gasteiger partial charge in [0.05, 0.1) is 19.5 Å². The fourth-order valence-electron chi connectivity index (χ4n) is 1.79. The third-order valence-electron chi connectivity index (χ3n) is 2.72. The molecule has 1 aliphatic heterocycles. The van der Waals surface area contributed by atoms with Crippen molar-refractivity contribution in [3.8, 4) is 0 Å². The van der Waals surface area contributed by atoms with Crippen molar-refractivity contribution >= 4 is 0 Å². The van der Waals surface area contributed by atoms with Crippen molar-refractivity contribution in [3.05, 3.63) is 24.2 Å². The Balaban J connectivity index is 1.84. The van der Waals surface area contributed by atoms with Gasteiger partial charge in [0.15, 0.2) is 0 Å². The Bertz CT molecular complexity index is 263. The van der Waals surface area contributed by atoms with Gasteiger partial charge in [-0.1, -0.05) is 0 Å².